The number of unbranched alkanes of at least 4 members (excludes halogenated alkanes) is 1. The molecule has 0 rings (SSSR count). The summed E-state index contributed by atoms with van der Waals surface area (Å²) < 4.78 is 0. The smallest absolute Gasteiger partial charge is 0.237 e. The highest BCUT2D eigenvalue weighted by molar-refractivity contribution is 5.83. The number of rotatable bonds is 7. The van der Waals surface area contributed by atoms with Gasteiger partial charge in [-0.15, -0.1) is 0 Å². The largest absolute Gasteiger partial charge is 0.368 e. The lowest BCUT2D eigenvalue weighted by molar-refractivity contribution is -0.123. The Balaban J connectivity index is 4.11. The third kappa shape index (κ3) is 5.14. The lowest BCUT2D eigenvalue weighted by Gasteiger charge is -2.30. The molecule has 0 aliphatic rings. The van der Waals surface area contributed by atoms with Crippen LogP contribution in [-0.4, -0.2) is 36.0 Å². The van der Waals surface area contributed by atoms with E-state index in [9.17, 15) is 4.79 Å². The van der Waals surface area contributed by atoms with Crippen LogP contribution in [0.5, 0.6) is 0 Å². The maximum absolute atomic E-state index is 11.1. The Kier molecular flexibility index (Phi) is 5.83. The van der Waals surface area contributed by atoms with Gasteiger partial charge in [0.1, 0.15) is 0 Å². The van der Waals surface area contributed by atoms with E-state index >= 15 is 0 Å². The monoisotopic (exact) mass is 215 g/mol. The first kappa shape index (κ1) is 14.4. The summed E-state index contributed by atoms with van der Waals surface area (Å²) in [4.78, 5) is 13.3. The maximum atomic E-state index is 11.1. The number of amides is 1. The van der Waals surface area contributed by atoms with Gasteiger partial charge in [-0.1, -0.05) is 13.3 Å². The Morgan fingerprint density at radius 2 is 2.07 bits per heavy atom. The van der Waals surface area contributed by atoms with Crippen molar-refractivity contribution in [3.63, 3.8) is 0 Å². The Hall–Kier alpha value is -0.610. The fourth-order valence-electron chi connectivity index (χ4n) is 1.50. The van der Waals surface area contributed by atoms with Crippen molar-refractivity contribution in [1.29, 1.82) is 0 Å². The van der Waals surface area contributed by atoms with E-state index in [4.69, 9.17) is 11.5 Å². The summed E-state index contributed by atoms with van der Waals surface area (Å²) >= 11 is 0. The predicted octanol–water partition coefficient (Wildman–Crippen LogP) is 0.700. The molecule has 0 heterocycles. The van der Waals surface area contributed by atoms with Crippen molar-refractivity contribution in [1.82, 2.24) is 4.90 Å². The van der Waals surface area contributed by atoms with Crippen LogP contribution in [0.15, 0.2) is 0 Å². The molecule has 4 N–H and O–H groups in total. The molecule has 0 spiro atoms. The first-order chi connectivity index (χ1) is 6.81. The summed E-state index contributed by atoms with van der Waals surface area (Å²) in [6.07, 6.45) is 2.94. The standard InChI is InChI=1S/C11H25N3O/c1-5-6-7-14(4)9(2)8-11(3,13)10(12)15/h9H,5-8,13H2,1-4H3,(H2,12,15). The second-order valence-electron chi connectivity index (χ2n) is 4.67. The third-order valence-corrected chi connectivity index (χ3v) is 2.90. The van der Waals surface area contributed by atoms with E-state index < -0.39 is 11.4 Å². The highest BCUT2D eigenvalue weighted by atomic mass is 16.1. The molecular weight excluding hydrogens is 190 g/mol. The minimum atomic E-state index is -0.903. The summed E-state index contributed by atoms with van der Waals surface area (Å²) in [6.45, 7) is 6.96. The van der Waals surface area contributed by atoms with Crippen LogP contribution < -0.4 is 11.5 Å². The van der Waals surface area contributed by atoms with E-state index in [-0.39, 0.29) is 6.04 Å². The molecule has 15 heavy (non-hydrogen) atoms. The van der Waals surface area contributed by atoms with Gasteiger partial charge >= 0.3 is 0 Å². The first-order valence-corrected chi connectivity index (χ1v) is 5.60. The normalized spacial score (nSPS) is 17.5. The van der Waals surface area contributed by atoms with Crippen molar-refractivity contribution >= 4 is 5.91 Å². The molecule has 0 fully saturated rings. The molecule has 4 heteroatoms. The van der Waals surface area contributed by atoms with Gasteiger partial charge in [0.15, 0.2) is 0 Å². The Morgan fingerprint density at radius 1 is 1.53 bits per heavy atom. The average molecular weight is 215 g/mol. The van der Waals surface area contributed by atoms with Crippen molar-refractivity contribution in [3.8, 4) is 0 Å². The number of hydrogen-bond donors (Lipinski definition) is 2. The van der Waals surface area contributed by atoms with Crippen molar-refractivity contribution in [2.75, 3.05) is 13.6 Å². The highest BCUT2D eigenvalue weighted by Crippen LogP contribution is 2.12. The van der Waals surface area contributed by atoms with Crippen LogP contribution in [0.3, 0.4) is 0 Å². The lowest BCUT2D eigenvalue weighted by Crippen LogP contribution is -2.53. The van der Waals surface area contributed by atoms with Gasteiger partial charge in [-0.2, -0.15) is 0 Å². The average Bonchev–Trinajstić information content (AvgIpc) is 2.13. The van der Waals surface area contributed by atoms with E-state index in [1.165, 1.54) is 12.8 Å². The number of carbonyl (C=O) groups is 1. The summed E-state index contributed by atoms with van der Waals surface area (Å²) in [7, 11) is 2.05. The molecule has 0 bridgehead atoms. The van der Waals surface area contributed by atoms with E-state index in [1.54, 1.807) is 6.92 Å². The van der Waals surface area contributed by atoms with Gasteiger partial charge in [0, 0.05) is 6.04 Å². The van der Waals surface area contributed by atoms with Crippen molar-refractivity contribution < 1.29 is 4.79 Å². The van der Waals surface area contributed by atoms with E-state index in [1.807, 2.05) is 0 Å². The molecule has 0 aromatic carbocycles. The fourth-order valence-corrected chi connectivity index (χ4v) is 1.50. The zero-order chi connectivity index (χ0) is 12.1. The molecule has 90 valence electrons. The summed E-state index contributed by atoms with van der Waals surface area (Å²) in [5.41, 5.74) is 10.2. The molecule has 0 aliphatic heterocycles. The van der Waals surface area contributed by atoms with Crippen LogP contribution in [0.1, 0.15) is 40.0 Å². The molecule has 4 nitrogen and oxygen atoms in total. The van der Waals surface area contributed by atoms with Crippen molar-refractivity contribution in [2.45, 2.75) is 51.6 Å². The Labute approximate surface area is 93.0 Å². The zero-order valence-corrected chi connectivity index (χ0v) is 10.4. The second-order valence-corrected chi connectivity index (χ2v) is 4.67. The molecule has 2 unspecified atom stereocenters. The zero-order valence-electron chi connectivity index (χ0n) is 10.4. The van der Waals surface area contributed by atoms with Crippen LogP contribution in [0.2, 0.25) is 0 Å². The number of nitrogens with zero attached hydrogens (tertiary/aromatic N) is 1. The SMILES string of the molecule is CCCCN(C)C(C)CC(C)(N)C(N)=O. The van der Waals surface area contributed by atoms with Crippen molar-refractivity contribution in [3.05, 3.63) is 0 Å². The topological polar surface area (TPSA) is 72.3 Å². The van der Waals surface area contributed by atoms with Gasteiger partial charge in [-0.3, -0.25) is 4.79 Å². The van der Waals surface area contributed by atoms with Gasteiger partial charge < -0.3 is 16.4 Å². The minimum absolute atomic E-state index is 0.277. The molecule has 0 aliphatic carbocycles. The number of nitrogens with two attached hydrogens (primary N) is 2. The molecule has 2 atom stereocenters. The number of primary amides is 1. The molecule has 0 aromatic rings. The molecule has 1 amide bonds. The van der Waals surface area contributed by atoms with E-state index in [0.29, 0.717) is 6.42 Å². The van der Waals surface area contributed by atoms with Gasteiger partial charge in [0.2, 0.25) is 5.91 Å². The van der Waals surface area contributed by atoms with Crippen LogP contribution in [0.25, 0.3) is 0 Å². The maximum Gasteiger partial charge on any atom is 0.237 e. The van der Waals surface area contributed by atoms with Gasteiger partial charge in [0.25, 0.3) is 0 Å². The Bertz CT molecular complexity index is 204. The first-order valence-electron chi connectivity index (χ1n) is 5.60. The van der Waals surface area contributed by atoms with Crippen LogP contribution >= 0.6 is 0 Å². The molecule has 0 aromatic heterocycles. The quantitative estimate of drug-likeness (QED) is 0.656. The minimum Gasteiger partial charge on any atom is -0.368 e. The number of carbonyl (C=O) groups excluding carboxylic acids is 1. The molecular formula is C11H25N3O. The van der Waals surface area contributed by atoms with Crippen LogP contribution in [-0.2, 0) is 4.79 Å². The second kappa shape index (κ2) is 6.08. The van der Waals surface area contributed by atoms with E-state index in [0.717, 1.165) is 6.54 Å². The van der Waals surface area contributed by atoms with Gasteiger partial charge in [0.05, 0.1) is 5.54 Å². The summed E-state index contributed by atoms with van der Waals surface area (Å²) in [6, 6.07) is 0.277. The fraction of sp³-hybridized carbons (Fsp3) is 0.909. The van der Waals surface area contributed by atoms with Crippen molar-refractivity contribution in [2.24, 2.45) is 11.5 Å². The highest BCUT2D eigenvalue weighted by Gasteiger charge is 2.28. The lowest BCUT2D eigenvalue weighted by atomic mass is 9.93. The molecule has 0 radical (unpaired) electrons. The molecule has 0 saturated heterocycles. The van der Waals surface area contributed by atoms with Gasteiger partial charge in [-0.25, -0.2) is 0 Å². The summed E-state index contributed by atoms with van der Waals surface area (Å²) in [5, 5.41) is 0. The predicted molar refractivity (Wildman–Crippen MR) is 63.4 cm³/mol. The molecule has 0 saturated carbocycles. The number of hydrogen-bond acceptors (Lipinski definition) is 3. The van der Waals surface area contributed by atoms with E-state index in [2.05, 4.69) is 25.8 Å². The van der Waals surface area contributed by atoms with Gasteiger partial charge in [-0.05, 0) is 40.3 Å². The third-order valence-electron chi connectivity index (χ3n) is 2.90. The Morgan fingerprint density at radius 3 is 2.47 bits per heavy atom. The van der Waals surface area contributed by atoms with Crippen LogP contribution in [0.4, 0.5) is 0 Å². The van der Waals surface area contributed by atoms with Crippen LogP contribution in [0, 0.1) is 0 Å². The summed E-state index contributed by atoms with van der Waals surface area (Å²) in [5.74, 6) is -0.432.